The fraction of sp³-hybridized carbons (Fsp3) is 0.696. The normalized spacial score (nSPS) is 31.5. The Bertz CT molecular complexity index is 776. The fourth-order valence-corrected chi connectivity index (χ4v) is 5.57. The molecule has 8 heteroatoms. The lowest BCUT2D eigenvalue weighted by molar-refractivity contribution is -0.152. The van der Waals surface area contributed by atoms with E-state index in [-0.39, 0.29) is 37.0 Å². The van der Waals surface area contributed by atoms with Crippen molar-refractivity contribution in [2.45, 2.75) is 56.9 Å². The minimum absolute atomic E-state index is 0.0248. The van der Waals surface area contributed by atoms with Gasteiger partial charge in [0.15, 0.2) is 0 Å². The highest BCUT2D eigenvalue weighted by atomic mass is 16.5. The number of aliphatic hydroxyl groups is 1. The van der Waals surface area contributed by atoms with Crippen molar-refractivity contribution in [3.63, 3.8) is 0 Å². The summed E-state index contributed by atoms with van der Waals surface area (Å²) in [6.07, 6.45) is 4.07. The lowest BCUT2D eigenvalue weighted by Crippen LogP contribution is -2.60. The number of nitrogens with zero attached hydrogens (tertiary/aromatic N) is 3. The number of hydrogen-bond acceptors (Lipinski definition) is 5. The Labute approximate surface area is 184 Å². The second-order valence-corrected chi connectivity index (χ2v) is 9.73. The summed E-state index contributed by atoms with van der Waals surface area (Å²) in [4.78, 5) is 45.3. The summed E-state index contributed by atoms with van der Waals surface area (Å²) in [6.45, 7) is 13.7. The molecule has 31 heavy (non-hydrogen) atoms. The standard InChI is InChI=1S/C23H35N3O5/c1-7-11-24(6)19(28)16-15-9-10-23(31-15)17(16)20(29)25(13-14-27)18(23)21(30)26(12-8-2)22(3,4)5/h7-8,15-18,27H,1-2,9-14H2,3-6H3/t15-,16+,17+,18?,23?/m1/s1. The molecule has 3 aliphatic heterocycles. The van der Waals surface area contributed by atoms with Gasteiger partial charge < -0.3 is 24.5 Å². The molecule has 0 aromatic rings. The van der Waals surface area contributed by atoms with E-state index in [2.05, 4.69) is 13.2 Å². The Morgan fingerprint density at radius 3 is 2.45 bits per heavy atom. The smallest absolute Gasteiger partial charge is 0.249 e. The Hall–Kier alpha value is -2.19. The van der Waals surface area contributed by atoms with Gasteiger partial charge in [-0.2, -0.15) is 0 Å². The SMILES string of the molecule is C=CCN(C)C(=O)[C@@H]1[C@H]2C(=O)N(CCO)C(C(=O)N(CC=C)C(C)(C)C)C23CC[C@H]1O3. The Balaban J connectivity index is 2.04. The summed E-state index contributed by atoms with van der Waals surface area (Å²) in [6, 6.07) is -0.871. The van der Waals surface area contributed by atoms with E-state index in [0.29, 0.717) is 25.9 Å². The van der Waals surface area contributed by atoms with Gasteiger partial charge in [-0.25, -0.2) is 0 Å². The number of aliphatic hydroxyl groups excluding tert-OH is 1. The Morgan fingerprint density at radius 2 is 1.90 bits per heavy atom. The van der Waals surface area contributed by atoms with Crippen molar-refractivity contribution < 1.29 is 24.2 Å². The molecule has 0 radical (unpaired) electrons. The first-order chi connectivity index (χ1) is 14.5. The third-order valence-corrected chi connectivity index (χ3v) is 6.83. The quantitative estimate of drug-likeness (QED) is 0.572. The zero-order valence-corrected chi connectivity index (χ0v) is 19.0. The van der Waals surface area contributed by atoms with E-state index in [1.165, 1.54) is 4.90 Å². The number of hydrogen-bond donors (Lipinski definition) is 1. The van der Waals surface area contributed by atoms with E-state index in [1.54, 1.807) is 29.0 Å². The summed E-state index contributed by atoms with van der Waals surface area (Å²) in [7, 11) is 1.68. The molecule has 0 aromatic heterocycles. The predicted octanol–water partition coefficient (Wildman–Crippen LogP) is 0.811. The number of ether oxygens (including phenoxy) is 1. The highest BCUT2D eigenvalue weighted by Gasteiger charge is 2.74. The van der Waals surface area contributed by atoms with Gasteiger partial charge in [0.05, 0.1) is 24.5 Å². The summed E-state index contributed by atoms with van der Waals surface area (Å²) in [5, 5.41) is 9.65. The van der Waals surface area contributed by atoms with Gasteiger partial charge in [0.25, 0.3) is 0 Å². The molecule has 0 aliphatic carbocycles. The number of likely N-dealkylation sites (N-methyl/N-ethyl adjacent to an activating group) is 1. The van der Waals surface area contributed by atoms with Gasteiger partial charge in [-0.05, 0) is 33.6 Å². The first kappa shape index (κ1) is 23.5. The lowest BCUT2D eigenvalue weighted by Gasteiger charge is -2.41. The van der Waals surface area contributed by atoms with Crippen LogP contribution in [0.3, 0.4) is 0 Å². The largest absolute Gasteiger partial charge is 0.395 e. The van der Waals surface area contributed by atoms with Crippen molar-refractivity contribution >= 4 is 17.7 Å². The van der Waals surface area contributed by atoms with E-state index >= 15 is 0 Å². The third-order valence-electron chi connectivity index (χ3n) is 6.83. The molecule has 1 N–H and O–H groups in total. The molecule has 0 saturated carbocycles. The van der Waals surface area contributed by atoms with Gasteiger partial charge in [-0.3, -0.25) is 14.4 Å². The molecule has 1 spiro atoms. The summed E-state index contributed by atoms with van der Waals surface area (Å²) in [5.41, 5.74) is -1.54. The number of rotatable bonds is 8. The maximum Gasteiger partial charge on any atom is 0.249 e. The van der Waals surface area contributed by atoms with E-state index < -0.39 is 29.0 Å². The molecular weight excluding hydrogens is 398 g/mol. The number of likely N-dealkylation sites (tertiary alicyclic amines) is 1. The molecule has 2 bridgehead atoms. The maximum atomic E-state index is 13.9. The number of carbonyl (C=O) groups is 3. The Morgan fingerprint density at radius 1 is 1.26 bits per heavy atom. The van der Waals surface area contributed by atoms with Crippen LogP contribution in [0.5, 0.6) is 0 Å². The van der Waals surface area contributed by atoms with Crippen LogP contribution in [-0.2, 0) is 19.1 Å². The molecule has 3 rings (SSSR count). The first-order valence-electron chi connectivity index (χ1n) is 10.9. The van der Waals surface area contributed by atoms with Crippen LogP contribution in [0.15, 0.2) is 25.3 Å². The lowest BCUT2D eigenvalue weighted by atomic mass is 9.70. The summed E-state index contributed by atoms with van der Waals surface area (Å²) >= 11 is 0. The van der Waals surface area contributed by atoms with Crippen LogP contribution in [0.4, 0.5) is 0 Å². The molecular formula is C23H35N3O5. The van der Waals surface area contributed by atoms with Crippen LogP contribution >= 0.6 is 0 Å². The number of β-amino-alcohol motifs (C(OH)–C–C–N with tert-alkyl or cyclic N) is 1. The highest BCUT2D eigenvalue weighted by Crippen LogP contribution is 2.58. The van der Waals surface area contributed by atoms with Gasteiger partial charge in [0.1, 0.15) is 11.6 Å². The van der Waals surface area contributed by atoms with E-state index in [9.17, 15) is 19.5 Å². The van der Waals surface area contributed by atoms with Crippen LogP contribution in [0.25, 0.3) is 0 Å². The number of fused-ring (bicyclic) bond motifs is 1. The van der Waals surface area contributed by atoms with E-state index in [0.717, 1.165) is 0 Å². The second kappa shape index (κ2) is 8.39. The van der Waals surface area contributed by atoms with Crippen molar-refractivity contribution in [3.8, 4) is 0 Å². The van der Waals surface area contributed by atoms with Crippen molar-refractivity contribution in [3.05, 3.63) is 25.3 Å². The molecule has 3 aliphatic rings. The molecule has 0 aromatic carbocycles. The van der Waals surface area contributed by atoms with E-state index in [4.69, 9.17) is 4.74 Å². The monoisotopic (exact) mass is 433 g/mol. The average Bonchev–Trinajstić information content (AvgIpc) is 3.33. The minimum Gasteiger partial charge on any atom is -0.395 e. The zero-order chi connectivity index (χ0) is 23.1. The molecule has 5 atom stereocenters. The topological polar surface area (TPSA) is 90.4 Å². The molecule has 3 saturated heterocycles. The molecule has 3 fully saturated rings. The predicted molar refractivity (Wildman–Crippen MR) is 116 cm³/mol. The van der Waals surface area contributed by atoms with Crippen molar-refractivity contribution in [1.82, 2.24) is 14.7 Å². The zero-order valence-electron chi connectivity index (χ0n) is 19.0. The van der Waals surface area contributed by atoms with Crippen molar-refractivity contribution in [2.75, 3.05) is 33.3 Å². The van der Waals surface area contributed by atoms with Gasteiger partial charge in [0, 0.05) is 32.2 Å². The van der Waals surface area contributed by atoms with Crippen LogP contribution < -0.4 is 0 Å². The van der Waals surface area contributed by atoms with Crippen LogP contribution in [0, 0.1) is 11.8 Å². The highest BCUT2D eigenvalue weighted by molar-refractivity contribution is 5.99. The number of amides is 3. The van der Waals surface area contributed by atoms with Gasteiger partial charge in [-0.15, -0.1) is 13.2 Å². The molecule has 2 unspecified atom stereocenters. The van der Waals surface area contributed by atoms with Crippen LogP contribution in [-0.4, -0.2) is 94.1 Å². The minimum atomic E-state index is -1.05. The van der Waals surface area contributed by atoms with Crippen molar-refractivity contribution in [1.29, 1.82) is 0 Å². The van der Waals surface area contributed by atoms with Gasteiger partial charge >= 0.3 is 0 Å². The fourth-order valence-electron chi connectivity index (χ4n) is 5.57. The molecule has 3 heterocycles. The van der Waals surface area contributed by atoms with Crippen molar-refractivity contribution in [2.24, 2.45) is 11.8 Å². The van der Waals surface area contributed by atoms with Crippen LogP contribution in [0.1, 0.15) is 33.6 Å². The van der Waals surface area contributed by atoms with Crippen LogP contribution in [0.2, 0.25) is 0 Å². The molecule has 3 amide bonds. The summed E-state index contributed by atoms with van der Waals surface area (Å²) in [5.74, 6) is -2.04. The maximum absolute atomic E-state index is 13.9. The average molecular weight is 434 g/mol. The van der Waals surface area contributed by atoms with Gasteiger partial charge in [-0.1, -0.05) is 12.2 Å². The molecule has 8 nitrogen and oxygen atoms in total. The molecule has 172 valence electrons. The van der Waals surface area contributed by atoms with E-state index in [1.807, 2.05) is 20.8 Å². The Kier molecular flexibility index (Phi) is 6.35. The van der Waals surface area contributed by atoms with Gasteiger partial charge in [0.2, 0.25) is 17.7 Å². The summed E-state index contributed by atoms with van der Waals surface area (Å²) < 4.78 is 6.38. The number of carbonyl (C=O) groups excluding carboxylic acids is 3. The first-order valence-corrected chi connectivity index (χ1v) is 10.9. The second-order valence-electron chi connectivity index (χ2n) is 9.73. The third kappa shape index (κ3) is 3.59.